The monoisotopic (exact) mass is 352 g/mol. The number of nitrogens with zero attached hydrogens (tertiary/aromatic N) is 2. The van der Waals surface area contributed by atoms with Gasteiger partial charge in [0, 0.05) is 12.0 Å². The van der Waals surface area contributed by atoms with Gasteiger partial charge in [0.15, 0.2) is 11.5 Å². The molecule has 6 heteroatoms. The van der Waals surface area contributed by atoms with Crippen LogP contribution < -0.4 is 0 Å². The Bertz CT molecular complexity index is 896. The first-order chi connectivity index (χ1) is 12.7. The SMILES string of the molecule is O=C(c1cccc(F)c1)N1CCC(C2=COC=C(C3=CC=CCC3)O2)=N1. The maximum Gasteiger partial charge on any atom is 0.274 e. The first kappa shape index (κ1) is 16.3. The predicted octanol–water partition coefficient (Wildman–Crippen LogP) is 4.03. The zero-order valence-corrected chi connectivity index (χ0v) is 14.0. The van der Waals surface area contributed by atoms with Gasteiger partial charge in [-0.15, -0.1) is 0 Å². The van der Waals surface area contributed by atoms with Gasteiger partial charge in [-0.25, -0.2) is 9.40 Å². The molecule has 0 spiro atoms. The number of hydrogen-bond acceptors (Lipinski definition) is 4. The summed E-state index contributed by atoms with van der Waals surface area (Å²) in [5.74, 6) is 0.361. The lowest BCUT2D eigenvalue weighted by molar-refractivity contribution is 0.0777. The van der Waals surface area contributed by atoms with Gasteiger partial charge in [-0.2, -0.15) is 5.10 Å². The number of hydrogen-bond donors (Lipinski definition) is 0. The van der Waals surface area contributed by atoms with Crippen molar-refractivity contribution in [3.8, 4) is 0 Å². The second-order valence-corrected chi connectivity index (χ2v) is 6.10. The predicted molar refractivity (Wildman–Crippen MR) is 94.3 cm³/mol. The van der Waals surface area contributed by atoms with Gasteiger partial charge in [-0.05, 0) is 36.6 Å². The van der Waals surface area contributed by atoms with E-state index in [-0.39, 0.29) is 11.5 Å². The third-order valence-corrected chi connectivity index (χ3v) is 4.29. The van der Waals surface area contributed by atoms with Gasteiger partial charge in [0.25, 0.3) is 5.91 Å². The zero-order valence-electron chi connectivity index (χ0n) is 14.0. The van der Waals surface area contributed by atoms with Gasteiger partial charge < -0.3 is 9.47 Å². The number of amides is 1. The highest BCUT2D eigenvalue weighted by Crippen LogP contribution is 2.28. The van der Waals surface area contributed by atoms with Crippen LogP contribution in [0.25, 0.3) is 0 Å². The molecule has 4 rings (SSSR count). The van der Waals surface area contributed by atoms with Crippen LogP contribution in [0.4, 0.5) is 4.39 Å². The van der Waals surface area contributed by atoms with Crippen LogP contribution in [-0.4, -0.2) is 23.2 Å². The summed E-state index contributed by atoms with van der Waals surface area (Å²) in [5.41, 5.74) is 1.96. The summed E-state index contributed by atoms with van der Waals surface area (Å²) in [4.78, 5) is 12.5. The van der Waals surface area contributed by atoms with E-state index in [1.165, 1.54) is 29.5 Å². The number of rotatable bonds is 3. The van der Waals surface area contributed by atoms with Gasteiger partial charge in [0.05, 0.1) is 6.54 Å². The molecule has 132 valence electrons. The van der Waals surface area contributed by atoms with Gasteiger partial charge in [-0.3, -0.25) is 4.79 Å². The van der Waals surface area contributed by atoms with Crippen LogP contribution >= 0.6 is 0 Å². The summed E-state index contributed by atoms with van der Waals surface area (Å²) in [7, 11) is 0. The summed E-state index contributed by atoms with van der Waals surface area (Å²) < 4.78 is 24.7. The molecular formula is C20H17FN2O3. The van der Waals surface area contributed by atoms with E-state index in [4.69, 9.17) is 9.47 Å². The highest BCUT2D eigenvalue weighted by Gasteiger charge is 2.27. The van der Waals surface area contributed by atoms with Gasteiger partial charge in [0.2, 0.25) is 0 Å². The summed E-state index contributed by atoms with van der Waals surface area (Å²) in [6.07, 6.45) is 11.5. The molecule has 1 amide bonds. The van der Waals surface area contributed by atoms with Gasteiger partial charge >= 0.3 is 0 Å². The minimum atomic E-state index is -0.449. The van der Waals surface area contributed by atoms with Gasteiger partial charge in [-0.1, -0.05) is 24.3 Å². The van der Waals surface area contributed by atoms with Crippen molar-refractivity contribution in [3.05, 3.63) is 83.5 Å². The Labute approximate surface area is 150 Å². The lowest BCUT2D eigenvalue weighted by Crippen LogP contribution is -2.23. The Balaban J connectivity index is 1.48. The van der Waals surface area contributed by atoms with Crippen molar-refractivity contribution in [2.24, 2.45) is 5.10 Å². The fourth-order valence-electron chi connectivity index (χ4n) is 2.95. The van der Waals surface area contributed by atoms with Crippen molar-refractivity contribution < 1.29 is 18.7 Å². The number of ether oxygens (including phenoxy) is 2. The van der Waals surface area contributed by atoms with Crippen molar-refractivity contribution in [3.63, 3.8) is 0 Å². The number of carbonyl (C=O) groups is 1. The van der Waals surface area contributed by atoms with Crippen molar-refractivity contribution in [2.75, 3.05) is 6.54 Å². The van der Waals surface area contributed by atoms with E-state index in [9.17, 15) is 9.18 Å². The summed E-state index contributed by atoms with van der Waals surface area (Å²) >= 11 is 0. The average Bonchev–Trinajstić information content (AvgIpc) is 3.18. The molecule has 0 unspecified atom stereocenters. The molecule has 0 atom stereocenters. The lowest BCUT2D eigenvalue weighted by Gasteiger charge is -2.19. The maximum absolute atomic E-state index is 13.3. The number of allylic oxidation sites excluding steroid dienone is 5. The minimum Gasteiger partial charge on any atom is -0.465 e. The molecule has 0 fully saturated rings. The number of carbonyl (C=O) groups excluding carboxylic acids is 1. The molecule has 5 nitrogen and oxygen atoms in total. The Kier molecular flexibility index (Phi) is 4.39. The van der Waals surface area contributed by atoms with E-state index in [1.54, 1.807) is 12.3 Å². The molecule has 0 radical (unpaired) electrons. The highest BCUT2D eigenvalue weighted by molar-refractivity contribution is 6.03. The highest BCUT2D eigenvalue weighted by atomic mass is 19.1. The quantitative estimate of drug-likeness (QED) is 0.825. The van der Waals surface area contributed by atoms with Crippen LogP contribution in [0.15, 0.2) is 77.2 Å². The number of hydrazone groups is 1. The normalized spacial score (nSPS) is 19.0. The summed E-state index contributed by atoms with van der Waals surface area (Å²) in [5, 5.41) is 5.67. The number of benzene rings is 1. The average molecular weight is 352 g/mol. The third-order valence-electron chi connectivity index (χ3n) is 4.29. The molecule has 0 aromatic heterocycles. The van der Waals surface area contributed by atoms with Crippen LogP contribution in [0.5, 0.6) is 0 Å². The van der Waals surface area contributed by atoms with E-state index in [2.05, 4.69) is 11.2 Å². The molecule has 3 aliphatic rings. The van der Waals surface area contributed by atoms with Crippen LogP contribution in [-0.2, 0) is 9.47 Å². The maximum atomic E-state index is 13.3. The molecule has 1 aromatic rings. The lowest BCUT2D eigenvalue weighted by atomic mass is 10.0. The molecule has 0 saturated heterocycles. The third kappa shape index (κ3) is 3.31. The minimum absolute atomic E-state index is 0.268. The fourth-order valence-corrected chi connectivity index (χ4v) is 2.95. The Morgan fingerprint density at radius 3 is 2.88 bits per heavy atom. The Hall–Kier alpha value is -3.15. The van der Waals surface area contributed by atoms with E-state index in [0.29, 0.717) is 30.2 Å². The van der Waals surface area contributed by atoms with Crippen molar-refractivity contribution in [2.45, 2.75) is 19.3 Å². The second-order valence-electron chi connectivity index (χ2n) is 6.10. The topological polar surface area (TPSA) is 51.1 Å². The van der Waals surface area contributed by atoms with E-state index in [0.717, 1.165) is 18.4 Å². The smallest absolute Gasteiger partial charge is 0.274 e. The molecule has 0 bridgehead atoms. The molecule has 0 saturated carbocycles. The first-order valence-electron chi connectivity index (χ1n) is 8.46. The van der Waals surface area contributed by atoms with Crippen molar-refractivity contribution >= 4 is 11.6 Å². The van der Waals surface area contributed by atoms with Crippen molar-refractivity contribution in [1.82, 2.24) is 5.01 Å². The van der Waals surface area contributed by atoms with Gasteiger partial charge in [0.1, 0.15) is 24.1 Å². The first-order valence-corrected chi connectivity index (χ1v) is 8.46. The Morgan fingerprint density at radius 2 is 2.08 bits per heavy atom. The molecule has 2 heterocycles. The molecule has 1 aromatic carbocycles. The molecule has 2 aliphatic heterocycles. The standard InChI is InChI=1S/C20H17FN2O3/c21-16-8-4-7-15(11-16)20(24)23-10-9-17(22-23)19-13-25-12-18(26-19)14-5-2-1-3-6-14/h1-2,4-5,7-8,11-13H,3,6,9-10H2. The summed E-state index contributed by atoms with van der Waals surface area (Å²) in [6, 6.07) is 5.59. The fraction of sp³-hybridized carbons (Fsp3) is 0.200. The largest absolute Gasteiger partial charge is 0.465 e. The second kappa shape index (κ2) is 7.00. The summed E-state index contributed by atoms with van der Waals surface area (Å²) in [6.45, 7) is 0.413. The van der Waals surface area contributed by atoms with E-state index >= 15 is 0 Å². The molecular weight excluding hydrogens is 335 g/mol. The van der Waals surface area contributed by atoms with E-state index < -0.39 is 5.82 Å². The molecule has 26 heavy (non-hydrogen) atoms. The van der Waals surface area contributed by atoms with Crippen LogP contribution in [0.1, 0.15) is 29.6 Å². The number of halogens is 1. The van der Waals surface area contributed by atoms with Crippen molar-refractivity contribution in [1.29, 1.82) is 0 Å². The molecule has 0 N–H and O–H groups in total. The van der Waals surface area contributed by atoms with E-state index in [1.807, 2.05) is 12.2 Å². The Morgan fingerprint density at radius 1 is 1.19 bits per heavy atom. The van der Waals surface area contributed by atoms with Crippen LogP contribution in [0, 0.1) is 5.82 Å². The van der Waals surface area contributed by atoms with Crippen LogP contribution in [0.2, 0.25) is 0 Å². The molecule has 1 aliphatic carbocycles. The zero-order chi connectivity index (χ0) is 17.9. The van der Waals surface area contributed by atoms with Crippen LogP contribution in [0.3, 0.4) is 0 Å².